The zero-order valence-electron chi connectivity index (χ0n) is 11.7. The molecule has 1 saturated heterocycles. The van der Waals surface area contributed by atoms with Crippen molar-refractivity contribution < 1.29 is 0 Å². The van der Waals surface area contributed by atoms with Gasteiger partial charge in [-0.25, -0.2) is 5.84 Å². The third-order valence-electron chi connectivity index (χ3n) is 4.42. The average Bonchev–Trinajstić information content (AvgIpc) is 2.43. The van der Waals surface area contributed by atoms with Crippen molar-refractivity contribution in [2.24, 2.45) is 16.8 Å². The number of hydrazine groups is 1. The molecule has 4 nitrogen and oxygen atoms in total. The van der Waals surface area contributed by atoms with Crippen LogP contribution in [0.25, 0.3) is 0 Å². The van der Waals surface area contributed by atoms with Crippen LogP contribution >= 0.6 is 0 Å². The maximum Gasteiger partial charge on any atom is 0.208 e. The molecule has 2 fully saturated rings. The fourth-order valence-electron chi connectivity index (χ4n) is 3.45. The molecule has 2 aliphatic rings. The molecule has 1 aliphatic carbocycles. The zero-order valence-corrected chi connectivity index (χ0v) is 11.7. The summed E-state index contributed by atoms with van der Waals surface area (Å²) in [6.45, 7) is 4.21. The predicted octanol–water partition coefficient (Wildman–Crippen LogP) is 2.26. The number of likely N-dealkylation sites (tertiary alicyclic amines) is 1. The Hall–Kier alpha value is -0.770. The number of nitrogens with two attached hydrogens (primary N) is 1. The van der Waals surface area contributed by atoms with Crippen molar-refractivity contribution >= 4 is 5.96 Å². The van der Waals surface area contributed by atoms with Gasteiger partial charge in [-0.15, -0.1) is 0 Å². The normalized spacial score (nSPS) is 29.0. The molecule has 0 amide bonds. The first-order valence-corrected chi connectivity index (χ1v) is 7.64. The molecule has 1 saturated carbocycles. The molecule has 2 atom stereocenters. The van der Waals surface area contributed by atoms with Gasteiger partial charge < -0.3 is 4.90 Å². The lowest BCUT2D eigenvalue weighted by Gasteiger charge is -2.45. The Kier molecular flexibility index (Phi) is 5.29. The van der Waals surface area contributed by atoms with E-state index in [1.807, 2.05) is 0 Å². The summed E-state index contributed by atoms with van der Waals surface area (Å²) in [5.41, 5.74) is 2.84. The minimum absolute atomic E-state index is 0.684. The van der Waals surface area contributed by atoms with Crippen molar-refractivity contribution in [3.8, 4) is 0 Å². The third kappa shape index (κ3) is 3.16. The Balaban J connectivity index is 2.01. The average molecular weight is 252 g/mol. The smallest absolute Gasteiger partial charge is 0.208 e. The van der Waals surface area contributed by atoms with Gasteiger partial charge in [0.2, 0.25) is 5.96 Å². The van der Waals surface area contributed by atoms with Gasteiger partial charge in [0.25, 0.3) is 0 Å². The van der Waals surface area contributed by atoms with E-state index >= 15 is 0 Å². The van der Waals surface area contributed by atoms with Crippen molar-refractivity contribution in [3.63, 3.8) is 0 Å². The fourth-order valence-corrected chi connectivity index (χ4v) is 3.45. The highest BCUT2D eigenvalue weighted by Crippen LogP contribution is 2.35. The van der Waals surface area contributed by atoms with Gasteiger partial charge in [-0.2, -0.15) is 0 Å². The first kappa shape index (κ1) is 13.7. The molecule has 2 unspecified atom stereocenters. The molecule has 0 aromatic heterocycles. The maximum atomic E-state index is 5.69. The molecule has 3 N–H and O–H groups in total. The Morgan fingerprint density at radius 2 is 2.06 bits per heavy atom. The van der Waals surface area contributed by atoms with E-state index < -0.39 is 0 Å². The molecular formula is C14H28N4. The molecule has 18 heavy (non-hydrogen) atoms. The first-order valence-electron chi connectivity index (χ1n) is 7.64. The van der Waals surface area contributed by atoms with E-state index in [9.17, 15) is 0 Å². The van der Waals surface area contributed by atoms with Gasteiger partial charge in [-0.3, -0.25) is 10.4 Å². The second kappa shape index (κ2) is 6.98. The van der Waals surface area contributed by atoms with Gasteiger partial charge >= 0.3 is 0 Å². The first-order chi connectivity index (χ1) is 8.86. The summed E-state index contributed by atoms with van der Waals surface area (Å²) < 4.78 is 0. The highest BCUT2D eigenvalue weighted by molar-refractivity contribution is 5.79. The zero-order chi connectivity index (χ0) is 12.8. The minimum atomic E-state index is 0.684. The number of piperidine rings is 1. The van der Waals surface area contributed by atoms with Crippen LogP contribution in [-0.4, -0.2) is 30.0 Å². The van der Waals surface area contributed by atoms with Crippen LogP contribution in [0, 0.1) is 5.92 Å². The third-order valence-corrected chi connectivity index (χ3v) is 4.42. The van der Waals surface area contributed by atoms with Crippen LogP contribution in [0.4, 0.5) is 0 Å². The van der Waals surface area contributed by atoms with Gasteiger partial charge in [-0.1, -0.05) is 26.2 Å². The van der Waals surface area contributed by atoms with Crippen LogP contribution in [-0.2, 0) is 0 Å². The van der Waals surface area contributed by atoms with Gasteiger partial charge in [0.05, 0.1) is 0 Å². The fraction of sp³-hybridized carbons (Fsp3) is 0.929. The summed E-state index contributed by atoms with van der Waals surface area (Å²) in [6.07, 6.45) is 10.5. The van der Waals surface area contributed by atoms with E-state index in [0.29, 0.717) is 6.04 Å². The number of unbranched alkanes of at least 4 members (excludes halogenated alkanes) is 1. The van der Waals surface area contributed by atoms with Crippen LogP contribution in [0.5, 0.6) is 0 Å². The Bertz CT molecular complexity index is 275. The van der Waals surface area contributed by atoms with Crippen LogP contribution in [0.15, 0.2) is 4.99 Å². The number of nitrogens with one attached hydrogen (secondary N) is 1. The number of hydrogen-bond acceptors (Lipinski definition) is 2. The predicted molar refractivity (Wildman–Crippen MR) is 76.2 cm³/mol. The summed E-state index contributed by atoms with van der Waals surface area (Å²) in [7, 11) is 0. The van der Waals surface area contributed by atoms with Crippen molar-refractivity contribution in [2.75, 3.05) is 13.1 Å². The lowest BCUT2D eigenvalue weighted by molar-refractivity contribution is 0.116. The van der Waals surface area contributed by atoms with Crippen LogP contribution in [0.2, 0.25) is 0 Å². The Morgan fingerprint density at radius 1 is 1.28 bits per heavy atom. The summed E-state index contributed by atoms with van der Waals surface area (Å²) in [5.74, 6) is 7.49. The van der Waals surface area contributed by atoms with Crippen molar-refractivity contribution in [1.82, 2.24) is 10.3 Å². The summed E-state index contributed by atoms with van der Waals surface area (Å²) >= 11 is 0. The number of aliphatic imine (C=N–C) groups is 1. The molecule has 104 valence electrons. The molecule has 4 heteroatoms. The van der Waals surface area contributed by atoms with E-state index in [1.165, 1.54) is 44.9 Å². The Labute approximate surface area is 111 Å². The molecule has 0 spiro atoms. The molecule has 2 rings (SSSR count). The second-order valence-electron chi connectivity index (χ2n) is 5.65. The van der Waals surface area contributed by atoms with Crippen molar-refractivity contribution in [3.05, 3.63) is 0 Å². The second-order valence-corrected chi connectivity index (χ2v) is 5.65. The highest BCUT2D eigenvalue weighted by Gasteiger charge is 2.34. The highest BCUT2D eigenvalue weighted by atomic mass is 15.4. The van der Waals surface area contributed by atoms with E-state index in [2.05, 4.69) is 22.2 Å². The molecule has 0 radical (unpaired) electrons. The van der Waals surface area contributed by atoms with E-state index in [1.54, 1.807) is 0 Å². The molecule has 0 bridgehead atoms. The van der Waals surface area contributed by atoms with Crippen LogP contribution in [0.3, 0.4) is 0 Å². The van der Waals surface area contributed by atoms with Gasteiger partial charge in [-0.05, 0) is 38.0 Å². The largest absolute Gasteiger partial charge is 0.339 e. The van der Waals surface area contributed by atoms with E-state index in [-0.39, 0.29) is 0 Å². The number of hydrogen-bond donors (Lipinski definition) is 2. The SMILES string of the molecule is CCCCN=C(NN)N1CCCC2CCCCC21. The molecule has 1 heterocycles. The maximum absolute atomic E-state index is 5.69. The monoisotopic (exact) mass is 252 g/mol. The lowest BCUT2D eigenvalue weighted by Crippen LogP contribution is -2.55. The summed E-state index contributed by atoms with van der Waals surface area (Å²) in [5, 5.41) is 0. The van der Waals surface area contributed by atoms with Gasteiger partial charge in [0, 0.05) is 19.1 Å². The number of guanidine groups is 1. The molecule has 0 aromatic carbocycles. The Morgan fingerprint density at radius 3 is 2.83 bits per heavy atom. The molecule has 1 aliphatic heterocycles. The lowest BCUT2D eigenvalue weighted by atomic mass is 9.78. The van der Waals surface area contributed by atoms with Crippen molar-refractivity contribution in [1.29, 1.82) is 0 Å². The van der Waals surface area contributed by atoms with Gasteiger partial charge in [0.15, 0.2) is 0 Å². The standard InChI is InChI=1S/C14H28N4/c1-2-3-10-16-14(17-15)18-11-6-8-12-7-4-5-9-13(12)18/h12-13H,2-11,15H2,1H3,(H,16,17). The number of rotatable bonds is 3. The van der Waals surface area contributed by atoms with E-state index in [4.69, 9.17) is 5.84 Å². The summed E-state index contributed by atoms with van der Waals surface area (Å²) in [4.78, 5) is 7.10. The van der Waals surface area contributed by atoms with E-state index in [0.717, 1.165) is 31.4 Å². The topological polar surface area (TPSA) is 53.6 Å². The number of nitrogens with zero attached hydrogens (tertiary/aromatic N) is 2. The molecule has 0 aromatic rings. The number of fused-ring (bicyclic) bond motifs is 1. The van der Waals surface area contributed by atoms with Gasteiger partial charge in [0.1, 0.15) is 0 Å². The minimum Gasteiger partial charge on any atom is -0.339 e. The van der Waals surface area contributed by atoms with Crippen LogP contribution < -0.4 is 11.3 Å². The van der Waals surface area contributed by atoms with Crippen molar-refractivity contribution in [2.45, 2.75) is 64.3 Å². The molecular weight excluding hydrogens is 224 g/mol. The van der Waals surface area contributed by atoms with Crippen LogP contribution in [0.1, 0.15) is 58.3 Å². The quantitative estimate of drug-likeness (QED) is 0.266. The summed E-state index contributed by atoms with van der Waals surface area (Å²) in [6, 6.07) is 0.684.